The Bertz CT molecular complexity index is 639. The summed E-state index contributed by atoms with van der Waals surface area (Å²) in [7, 11) is 0. The van der Waals surface area contributed by atoms with Crippen LogP contribution < -0.4 is 11.1 Å². The molecule has 3 N–H and O–H groups in total. The Hall–Kier alpha value is -2.55. The predicted octanol–water partition coefficient (Wildman–Crippen LogP) is 3.12. The van der Waals surface area contributed by atoms with Gasteiger partial charge in [0.15, 0.2) is 0 Å². The maximum atomic E-state index is 5.64. The first-order chi connectivity index (χ1) is 9.31. The van der Waals surface area contributed by atoms with Crippen LogP contribution in [0.1, 0.15) is 11.1 Å². The number of benzene rings is 2. The van der Waals surface area contributed by atoms with Gasteiger partial charge in [0.1, 0.15) is 0 Å². The second-order valence-corrected chi connectivity index (χ2v) is 4.50. The van der Waals surface area contributed by atoms with Gasteiger partial charge in [-0.25, -0.2) is 0 Å². The molecule has 2 aromatic carbocycles. The Morgan fingerprint density at radius 1 is 1.05 bits per heavy atom. The van der Waals surface area contributed by atoms with E-state index in [1.54, 1.807) is 0 Å². The van der Waals surface area contributed by atoms with E-state index in [0.717, 1.165) is 23.6 Å². The minimum atomic E-state index is 0.753. The lowest BCUT2D eigenvalue weighted by Gasteiger charge is -2.15. The van der Waals surface area contributed by atoms with Crippen LogP contribution in [-0.2, 0) is 6.54 Å². The monoisotopic (exact) mass is 249 g/mol. The first-order valence-electron chi connectivity index (χ1n) is 6.24. The van der Waals surface area contributed by atoms with Gasteiger partial charge in [0.2, 0.25) is 0 Å². The average Bonchev–Trinajstić information content (AvgIpc) is 2.46. The number of allylic oxidation sites excluding steroid dienone is 1. The third-order valence-corrected chi connectivity index (χ3v) is 3.09. The molecule has 0 radical (unpaired) electrons. The molecule has 0 aliphatic carbocycles. The minimum Gasteiger partial charge on any atom is -0.399 e. The number of aliphatic imine (C=N–C) groups is 1. The molecule has 0 bridgehead atoms. The van der Waals surface area contributed by atoms with Gasteiger partial charge in [-0.1, -0.05) is 24.3 Å². The Labute approximate surface area is 112 Å². The van der Waals surface area contributed by atoms with Crippen molar-refractivity contribution in [2.45, 2.75) is 6.54 Å². The summed E-state index contributed by atoms with van der Waals surface area (Å²) < 4.78 is 0. The van der Waals surface area contributed by atoms with E-state index < -0.39 is 0 Å². The molecule has 3 rings (SSSR count). The van der Waals surface area contributed by atoms with Crippen molar-refractivity contribution in [2.24, 2.45) is 4.99 Å². The van der Waals surface area contributed by atoms with E-state index in [-0.39, 0.29) is 0 Å². The second-order valence-electron chi connectivity index (χ2n) is 4.50. The third-order valence-electron chi connectivity index (χ3n) is 3.09. The zero-order chi connectivity index (χ0) is 13.1. The lowest BCUT2D eigenvalue weighted by Crippen LogP contribution is -2.18. The molecule has 1 heterocycles. The van der Waals surface area contributed by atoms with E-state index >= 15 is 0 Å². The van der Waals surface area contributed by atoms with E-state index in [9.17, 15) is 0 Å². The molecule has 1 aliphatic heterocycles. The summed E-state index contributed by atoms with van der Waals surface area (Å²) >= 11 is 0. The third kappa shape index (κ3) is 2.65. The van der Waals surface area contributed by atoms with Crippen LogP contribution in [0, 0.1) is 0 Å². The van der Waals surface area contributed by atoms with Crippen LogP contribution in [0.2, 0.25) is 0 Å². The van der Waals surface area contributed by atoms with Crippen molar-refractivity contribution in [3.8, 4) is 0 Å². The van der Waals surface area contributed by atoms with Gasteiger partial charge < -0.3 is 11.1 Å². The highest BCUT2D eigenvalue weighted by Crippen LogP contribution is 2.18. The highest BCUT2D eigenvalue weighted by molar-refractivity contribution is 5.87. The predicted molar refractivity (Wildman–Crippen MR) is 80.3 cm³/mol. The smallest absolute Gasteiger partial charge is 0.0632 e. The standard InChI is InChI=1S/C16H15N3/c17-14-5-7-15(8-6-14)19-11-16-9-12-3-1-2-4-13(12)10-18-16/h1-9,11,18H,10,17H2. The zero-order valence-corrected chi connectivity index (χ0v) is 10.5. The first kappa shape index (κ1) is 11.5. The Kier molecular flexibility index (Phi) is 3.02. The summed E-state index contributed by atoms with van der Waals surface area (Å²) in [5.74, 6) is 0. The highest BCUT2D eigenvalue weighted by atomic mass is 14.9. The van der Waals surface area contributed by atoms with E-state index in [1.165, 1.54) is 11.1 Å². The fourth-order valence-corrected chi connectivity index (χ4v) is 2.04. The summed E-state index contributed by atoms with van der Waals surface area (Å²) in [6.07, 6.45) is 3.96. The summed E-state index contributed by atoms with van der Waals surface area (Å²) in [6.45, 7) is 0.843. The number of nitrogens with one attached hydrogen (secondary N) is 1. The van der Waals surface area contributed by atoms with Gasteiger partial charge in [-0.2, -0.15) is 0 Å². The van der Waals surface area contributed by atoms with E-state index in [1.807, 2.05) is 30.5 Å². The molecule has 3 nitrogen and oxygen atoms in total. The maximum absolute atomic E-state index is 5.64. The van der Waals surface area contributed by atoms with Crippen LogP contribution in [0.3, 0.4) is 0 Å². The molecule has 19 heavy (non-hydrogen) atoms. The van der Waals surface area contributed by atoms with Crippen LogP contribution >= 0.6 is 0 Å². The van der Waals surface area contributed by atoms with E-state index in [2.05, 4.69) is 40.7 Å². The van der Waals surface area contributed by atoms with Crippen molar-refractivity contribution < 1.29 is 0 Å². The van der Waals surface area contributed by atoms with Gasteiger partial charge in [-0.05, 0) is 41.5 Å². The number of fused-ring (bicyclic) bond motifs is 1. The second kappa shape index (κ2) is 4.98. The Balaban J connectivity index is 1.81. The van der Waals surface area contributed by atoms with Crippen LogP contribution in [-0.4, -0.2) is 6.21 Å². The largest absolute Gasteiger partial charge is 0.399 e. The van der Waals surface area contributed by atoms with Gasteiger partial charge in [-0.3, -0.25) is 4.99 Å². The summed E-state index contributed by atoms with van der Waals surface area (Å²) in [5.41, 5.74) is 10.9. The molecule has 0 unspecified atom stereocenters. The number of rotatable bonds is 2. The lowest BCUT2D eigenvalue weighted by atomic mass is 10.0. The molecule has 3 heteroatoms. The summed E-state index contributed by atoms with van der Waals surface area (Å²) in [4.78, 5) is 4.43. The molecule has 94 valence electrons. The lowest BCUT2D eigenvalue weighted by molar-refractivity contribution is 0.837. The Morgan fingerprint density at radius 2 is 1.84 bits per heavy atom. The molecule has 0 atom stereocenters. The molecular formula is C16H15N3. The minimum absolute atomic E-state index is 0.753. The number of nitrogens with zero attached hydrogens (tertiary/aromatic N) is 1. The zero-order valence-electron chi connectivity index (χ0n) is 10.5. The molecule has 0 fully saturated rings. The number of nitrogens with two attached hydrogens (primary N) is 1. The molecular weight excluding hydrogens is 234 g/mol. The van der Waals surface area contributed by atoms with Crippen LogP contribution in [0.5, 0.6) is 0 Å². The van der Waals surface area contributed by atoms with E-state index in [0.29, 0.717) is 0 Å². The van der Waals surface area contributed by atoms with Crippen molar-refractivity contribution in [3.05, 3.63) is 65.4 Å². The van der Waals surface area contributed by atoms with Crippen LogP contribution in [0.25, 0.3) is 6.08 Å². The number of nitrogen functional groups attached to an aromatic ring is 1. The molecule has 2 aromatic rings. The molecule has 0 spiro atoms. The fourth-order valence-electron chi connectivity index (χ4n) is 2.04. The topological polar surface area (TPSA) is 50.4 Å². The number of hydrogen-bond acceptors (Lipinski definition) is 3. The van der Waals surface area contributed by atoms with Gasteiger partial charge in [0, 0.05) is 12.2 Å². The van der Waals surface area contributed by atoms with Gasteiger partial charge in [-0.15, -0.1) is 0 Å². The van der Waals surface area contributed by atoms with Crippen molar-refractivity contribution in [2.75, 3.05) is 5.73 Å². The molecule has 0 saturated heterocycles. The molecule has 0 saturated carbocycles. The molecule has 0 aromatic heterocycles. The maximum Gasteiger partial charge on any atom is 0.0632 e. The average molecular weight is 249 g/mol. The molecule has 1 aliphatic rings. The summed E-state index contributed by atoms with van der Waals surface area (Å²) in [5, 5.41) is 3.34. The van der Waals surface area contributed by atoms with Gasteiger partial charge in [0.05, 0.1) is 17.6 Å². The van der Waals surface area contributed by atoms with Crippen LogP contribution in [0.4, 0.5) is 11.4 Å². The van der Waals surface area contributed by atoms with E-state index in [4.69, 9.17) is 5.73 Å². The number of anilines is 1. The van der Waals surface area contributed by atoms with Crippen molar-refractivity contribution in [3.63, 3.8) is 0 Å². The van der Waals surface area contributed by atoms with Gasteiger partial charge >= 0.3 is 0 Å². The highest BCUT2D eigenvalue weighted by Gasteiger charge is 2.06. The normalized spacial score (nSPS) is 13.8. The SMILES string of the molecule is Nc1ccc(N=CC2=Cc3ccccc3CN2)cc1. The summed E-state index contributed by atoms with van der Waals surface area (Å²) in [6, 6.07) is 15.9. The quantitative estimate of drug-likeness (QED) is 0.634. The Morgan fingerprint density at radius 3 is 2.68 bits per heavy atom. The number of hydrogen-bond donors (Lipinski definition) is 2. The van der Waals surface area contributed by atoms with Crippen molar-refractivity contribution in [1.82, 2.24) is 5.32 Å². The van der Waals surface area contributed by atoms with Crippen LogP contribution in [0.15, 0.2) is 59.2 Å². The molecule has 0 amide bonds. The van der Waals surface area contributed by atoms with Crippen molar-refractivity contribution >= 4 is 23.7 Å². The fraction of sp³-hybridized carbons (Fsp3) is 0.0625. The first-order valence-corrected chi connectivity index (χ1v) is 6.24. The van der Waals surface area contributed by atoms with Crippen molar-refractivity contribution in [1.29, 1.82) is 0 Å². The van der Waals surface area contributed by atoms with Gasteiger partial charge in [0.25, 0.3) is 0 Å².